The molecule has 0 heterocycles. The minimum Gasteiger partial charge on any atom is -0.355 e. The molecular formula is C29H34N2O2. The first-order valence-electron chi connectivity index (χ1n) is 11.8. The Morgan fingerprint density at radius 2 is 1.30 bits per heavy atom. The number of hydrogen-bond donors (Lipinski definition) is 1. The molecule has 2 amide bonds. The molecule has 172 valence electrons. The molecule has 0 aliphatic rings. The molecule has 1 atom stereocenters. The summed E-state index contributed by atoms with van der Waals surface area (Å²) in [5.41, 5.74) is 3.36. The van der Waals surface area contributed by atoms with Crippen LogP contribution in [0.5, 0.6) is 0 Å². The average molecular weight is 443 g/mol. The molecule has 4 heteroatoms. The van der Waals surface area contributed by atoms with Crippen molar-refractivity contribution in [3.05, 3.63) is 108 Å². The fourth-order valence-corrected chi connectivity index (χ4v) is 4.28. The second kappa shape index (κ2) is 12.6. The fraction of sp³-hybridized carbons (Fsp3) is 0.310. The van der Waals surface area contributed by atoms with Crippen molar-refractivity contribution < 1.29 is 9.59 Å². The highest BCUT2D eigenvalue weighted by atomic mass is 16.2. The predicted molar refractivity (Wildman–Crippen MR) is 134 cm³/mol. The number of carbonyl (C=O) groups is 2. The lowest BCUT2D eigenvalue weighted by molar-refractivity contribution is -0.140. The third-order valence-electron chi connectivity index (χ3n) is 6.00. The summed E-state index contributed by atoms with van der Waals surface area (Å²) >= 11 is 0. The van der Waals surface area contributed by atoms with Gasteiger partial charge in [0.25, 0.3) is 0 Å². The molecule has 0 bridgehead atoms. The van der Waals surface area contributed by atoms with Crippen LogP contribution in [-0.2, 0) is 16.0 Å². The van der Waals surface area contributed by atoms with Gasteiger partial charge >= 0.3 is 0 Å². The third-order valence-corrected chi connectivity index (χ3v) is 6.00. The molecule has 0 saturated heterocycles. The Bertz CT molecular complexity index is 950. The fourth-order valence-electron chi connectivity index (χ4n) is 4.28. The topological polar surface area (TPSA) is 49.4 Å². The maximum Gasteiger partial charge on any atom is 0.242 e. The van der Waals surface area contributed by atoms with E-state index in [0.717, 1.165) is 16.7 Å². The molecule has 0 saturated carbocycles. The van der Waals surface area contributed by atoms with E-state index in [1.165, 1.54) is 0 Å². The number of rotatable bonds is 11. The van der Waals surface area contributed by atoms with E-state index in [-0.39, 0.29) is 17.7 Å². The first-order chi connectivity index (χ1) is 16.1. The zero-order valence-corrected chi connectivity index (χ0v) is 19.6. The number of likely N-dealkylation sites (N-methyl/N-ethyl adjacent to an activating group) is 1. The zero-order valence-electron chi connectivity index (χ0n) is 19.6. The van der Waals surface area contributed by atoms with Crippen LogP contribution in [-0.4, -0.2) is 35.8 Å². The van der Waals surface area contributed by atoms with Crippen LogP contribution < -0.4 is 5.32 Å². The van der Waals surface area contributed by atoms with Gasteiger partial charge in [0.05, 0.1) is 0 Å². The van der Waals surface area contributed by atoms with Crippen molar-refractivity contribution >= 4 is 11.8 Å². The van der Waals surface area contributed by atoms with Crippen molar-refractivity contribution in [3.8, 4) is 0 Å². The van der Waals surface area contributed by atoms with Crippen LogP contribution in [0.4, 0.5) is 0 Å². The summed E-state index contributed by atoms with van der Waals surface area (Å²) in [5.74, 6) is -0.148. The quantitative estimate of drug-likeness (QED) is 0.444. The minimum atomic E-state index is -0.478. The van der Waals surface area contributed by atoms with E-state index in [9.17, 15) is 9.59 Å². The van der Waals surface area contributed by atoms with Gasteiger partial charge in [-0.3, -0.25) is 9.59 Å². The Kier molecular flexibility index (Phi) is 9.25. The molecule has 0 spiro atoms. The lowest BCUT2D eigenvalue weighted by Crippen LogP contribution is -2.50. The molecule has 3 rings (SSSR count). The zero-order chi connectivity index (χ0) is 23.5. The van der Waals surface area contributed by atoms with Crippen molar-refractivity contribution in [1.82, 2.24) is 10.2 Å². The molecular weight excluding hydrogens is 408 g/mol. The van der Waals surface area contributed by atoms with Gasteiger partial charge in [0.15, 0.2) is 0 Å². The van der Waals surface area contributed by atoms with Gasteiger partial charge in [-0.25, -0.2) is 0 Å². The first kappa shape index (κ1) is 24.2. The number of nitrogens with one attached hydrogen (secondary N) is 1. The van der Waals surface area contributed by atoms with Crippen LogP contribution in [0.3, 0.4) is 0 Å². The highest BCUT2D eigenvalue weighted by Gasteiger charge is 2.30. The molecule has 4 nitrogen and oxygen atoms in total. The van der Waals surface area contributed by atoms with Crippen molar-refractivity contribution in [1.29, 1.82) is 0 Å². The van der Waals surface area contributed by atoms with Gasteiger partial charge in [-0.05, 0) is 36.5 Å². The van der Waals surface area contributed by atoms with Gasteiger partial charge < -0.3 is 10.2 Å². The van der Waals surface area contributed by atoms with E-state index in [4.69, 9.17) is 0 Å². The summed E-state index contributed by atoms with van der Waals surface area (Å²) in [6, 6.07) is 29.9. The second-order valence-electron chi connectivity index (χ2n) is 8.22. The highest BCUT2D eigenvalue weighted by molar-refractivity contribution is 5.88. The summed E-state index contributed by atoms with van der Waals surface area (Å²) in [7, 11) is 0. The Hall–Kier alpha value is -3.40. The van der Waals surface area contributed by atoms with Crippen LogP contribution in [0.1, 0.15) is 49.3 Å². The van der Waals surface area contributed by atoms with E-state index >= 15 is 0 Å². The minimum absolute atomic E-state index is 0.00161. The van der Waals surface area contributed by atoms with Crippen LogP contribution in [0, 0.1) is 0 Å². The lowest BCUT2D eigenvalue weighted by Gasteiger charge is -2.32. The van der Waals surface area contributed by atoms with E-state index in [1.807, 2.05) is 68.4 Å². The summed E-state index contributed by atoms with van der Waals surface area (Å²) in [5, 5.41) is 2.91. The normalized spacial score (nSPS) is 11.7. The molecule has 3 aromatic rings. The summed E-state index contributed by atoms with van der Waals surface area (Å²) in [4.78, 5) is 28.4. The molecule has 3 aromatic carbocycles. The molecule has 0 aliphatic carbocycles. The SMILES string of the molecule is CCNC(=O)[C@@H](CC)N(CCc1ccccc1)C(=O)CC(c1ccccc1)c1ccccc1. The standard InChI is InChI=1S/C29H34N2O2/c1-3-27(29(33)30-4-2)31(21-20-23-14-8-5-9-15-23)28(32)22-26(24-16-10-6-11-17-24)25-18-12-7-13-19-25/h5-19,26-27H,3-4,20-22H2,1-2H3,(H,30,33)/t27-/m1/s1. The maximum absolute atomic E-state index is 13.8. The largest absolute Gasteiger partial charge is 0.355 e. The summed E-state index contributed by atoms with van der Waals surface area (Å²) in [6.45, 7) is 4.93. The molecule has 33 heavy (non-hydrogen) atoms. The Morgan fingerprint density at radius 3 is 1.79 bits per heavy atom. The summed E-state index contributed by atoms with van der Waals surface area (Å²) < 4.78 is 0. The Balaban J connectivity index is 1.88. The Labute approximate surface area is 197 Å². The predicted octanol–water partition coefficient (Wildman–Crippen LogP) is 5.19. The smallest absolute Gasteiger partial charge is 0.242 e. The average Bonchev–Trinajstić information content (AvgIpc) is 2.86. The third kappa shape index (κ3) is 6.79. The molecule has 1 N–H and O–H groups in total. The monoisotopic (exact) mass is 442 g/mol. The van der Waals surface area contributed by atoms with Gasteiger partial charge in [-0.2, -0.15) is 0 Å². The highest BCUT2D eigenvalue weighted by Crippen LogP contribution is 2.29. The van der Waals surface area contributed by atoms with Crippen molar-refractivity contribution in [2.24, 2.45) is 0 Å². The molecule has 0 fully saturated rings. The van der Waals surface area contributed by atoms with Gasteiger partial charge in [-0.15, -0.1) is 0 Å². The van der Waals surface area contributed by atoms with E-state index < -0.39 is 6.04 Å². The molecule has 0 aromatic heterocycles. The van der Waals surface area contributed by atoms with Crippen LogP contribution >= 0.6 is 0 Å². The van der Waals surface area contributed by atoms with Gasteiger partial charge in [0.2, 0.25) is 11.8 Å². The lowest BCUT2D eigenvalue weighted by atomic mass is 9.88. The van der Waals surface area contributed by atoms with Crippen molar-refractivity contribution in [3.63, 3.8) is 0 Å². The van der Waals surface area contributed by atoms with Crippen molar-refractivity contribution in [2.75, 3.05) is 13.1 Å². The van der Waals surface area contributed by atoms with E-state index in [0.29, 0.717) is 32.4 Å². The molecule has 0 radical (unpaired) electrons. The van der Waals surface area contributed by atoms with Crippen molar-refractivity contribution in [2.45, 2.75) is 45.1 Å². The maximum atomic E-state index is 13.8. The van der Waals surface area contributed by atoms with Crippen LogP contribution in [0.2, 0.25) is 0 Å². The number of hydrogen-bond acceptors (Lipinski definition) is 2. The molecule has 0 aliphatic heterocycles. The molecule has 0 unspecified atom stereocenters. The van der Waals surface area contributed by atoms with Crippen LogP contribution in [0.25, 0.3) is 0 Å². The Morgan fingerprint density at radius 1 is 0.788 bits per heavy atom. The summed E-state index contributed by atoms with van der Waals surface area (Å²) in [6.07, 6.45) is 1.61. The van der Waals surface area contributed by atoms with E-state index in [1.54, 1.807) is 4.90 Å². The van der Waals surface area contributed by atoms with Gasteiger partial charge in [-0.1, -0.05) is 97.9 Å². The number of amides is 2. The second-order valence-corrected chi connectivity index (χ2v) is 8.22. The first-order valence-corrected chi connectivity index (χ1v) is 11.8. The number of benzene rings is 3. The van der Waals surface area contributed by atoms with E-state index in [2.05, 4.69) is 41.7 Å². The number of nitrogens with zero attached hydrogens (tertiary/aromatic N) is 1. The number of carbonyl (C=O) groups excluding carboxylic acids is 2. The van der Waals surface area contributed by atoms with Crippen LogP contribution in [0.15, 0.2) is 91.0 Å². The van der Waals surface area contributed by atoms with Gasteiger partial charge in [0.1, 0.15) is 6.04 Å². The van der Waals surface area contributed by atoms with Gasteiger partial charge in [0, 0.05) is 25.4 Å².